The van der Waals surface area contributed by atoms with Crippen molar-refractivity contribution in [3.05, 3.63) is 35.4 Å². The Balaban J connectivity index is 0.00000208. The summed E-state index contributed by atoms with van der Waals surface area (Å²) in [6, 6.07) is 10.7. The number of halogens is 1. The average Bonchev–Trinajstić information content (AvgIpc) is 3.04. The van der Waals surface area contributed by atoms with Crippen molar-refractivity contribution in [2.45, 2.75) is 64.1 Å². The Bertz CT molecular complexity index is 485. The lowest BCUT2D eigenvalue weighted by atomic mass is 9.92. The fourth-order valence-electron chi connectivity index (χ4n) is 4.12. The first-order chi connectivity index (χ1) is 11.1. The monoisotopic (exact) mass is 352 g/mol. The number of morpholine rings is 1. The molecule has 2 fully saturated rings. The van der Waals surface area contributed by atoms with Crippen LogP contribution in [0.3, 0.4) is 0 Å². The van der Waals surface area contributed by atoms with Crippen LogP contribution in [0.15, 0.2) is 24.3 Å². The van der Waals surface area contributed by atoms with Crippen LogP contribution in [0.4, 0.5) is 0 Å². The summed E-state index contributed by atoms with van der Waals surface area (Å²) >= 11 is 0. The Kier molecular flexibility index (Phi) is 7.55. The Labute approximate surface area is 153 Å². The van der Waals surface area contributed by atoms with Crippen molar-refractivity contribution in [2.75, 3.05) is 19.8 Å². The van der Waals surface area contributed by atoms with E-state index in [1.54, 1.807) is 0 Å². The van der Waals surface area contributed by atoms with Crippen molar-refractivity contribution in [1.82, 2.24) is 10.6 Å². The molecule has 3 nitrogen and oxygen atoms in total. The summed E-state index contributed by atoms with van der Waals surface area (Å²) in [5.41, 5.74) is 2.82. The molecular weight excluding hydrogens is 320 g/mol. The first-order valence-corrected chi connectivity index (χ1v) is 9.32. The zero-order valence-corrected chi connectivity index (χ0v) is 16.1. The molecule has 1 saturated carbocycles. The highest BCUT2D eigenvalue weighted by Crippen LogP contribution is 2.31. The smallest absolute Gasteiger partial charge is 0.0623 e. The molecule has 1 saturated heterocycles. The molecule has 136 valence electrons. The zero-order chi connectivity index (χ0) is 16.2. The quantitative estimate of drug-likeness (QED) is 0.839. The largest absolute Gasteiger partial charge is 0.379 e. The van der Waals surface area contributed by atoms with Crippen LogP contribution < -0.4 is 10.6 Å². The molecule has 4 heteroatoms. The maximum Gasteiger partial charge on any atom is 0.0623 e. The summed E-state index contributed by atoms with van der Waals surface area (Å²) in [7, 11) is 0. The van der Waals surface area contributed by atoms with E-state index in [4.69, 9.17) is 4.74 Å². The number of nitrogens with one attached hydrogen (secondary N) is 2. The molecule has 1 aliphatic heterocycles. The molecule has 0 amide bonds. The Hall–Kier alpha value is -0.610. The highest BCUT2D eigenvalue weighted by Gasteiger charge is 2.35. The minimum atomic E-state index is 0. The number of hydrogen-bond donors (Lipinski definition) is 2. The Morgan fingerprint density at radius 3 is 2.42 bits per heavy atom. The van der Waals surface area contributed by atoms with Crippen LogP contribution in [0.2, 0.25) is 0 Å². The van der Waals surface area contributed by atoms with Gasteiger partial charge in [0.2, 0.25) is 0 Å². The third-order valence-electron chi connectivity index (χ3n) is 5.60. The second-order valence-corrected chi connectivity index (χ2v) is 7.55. The lowest BCUT2D eigenvalue weighted by Crippen LogP contribution is -2.51. The summed E-state index contributed by atoms with van der Waals surface area (Å²) in [5.74, 6) is 1.30. The third-order valence-corrected chi connectivity index (χ3v) is 5.60. The summed E-state index contributed by atoms with van der Waals surface area (Å²) < 4.78 is 5.68. The highest BCUT2D eigenvalue weighted by atomic mass is 35.5. The van der Waals surface area contributed by atoms with Crippen molar-refractivity contribution < 1.29 is 4.74 Å². The fourth-order valence-corrected chi connectivity index (χ4v) is 4.12. The van der Waals surface area contributed by atoms with Crippen molar-refractivity contribution in [3.63, 3.8) is 0 Å². The van der Waals surface area contributed by atoms with E-state index in [0.717, 1.165) is 19.8 Å². The van der Waals surface area contributed by atoms with Gasteiger partial charge in [-0.25, -0.2) is 0 Å². The van der Waals surface area contributed by atoms with Crippen molar-refractivity contribution in [1.29, 1.82) is 0 Å². The van der Waals surface area contributed by atoms with Gasteiger partial charge in [-0.1, -0.05) is 44.5 Å². The van der Waals surface area contributed by atoms with Gasteiger partial charge in [-0.05, 0) is 42.7 Å². The third kappa shape index (κ3) is 4.72. The van der Waals surface area contributed by atoms with Crippen LogP contribution in [-0.4, -0.2) is 31.8 Å². The van der Waals surface area contributed by atoms with E-state index in [1.807, 2.05) is 0 Å². The van der Waals surface area contributed by atoms with Gasteiger partial charge in [0.25, 0.3) is 0 Å². The van der Waals surface area contributed by atoms with Gasteiger partial charge >= 0.3 is 0 Å². The van der Waals surface area contributed by atoms with Gasteiger partial charge in [0.05, 0.1) is 13.2 Å². The second kappa shape index (κ2) is 9.19. The Morgan fingerprint density at radius 1 is 1.08 bits per heavy atom. The molecule has 2 N–H and O–H groups in total. The lowest BCUT2D eigenvalue weighted by Gasteiger charge is -2.34. The van der Waals surface area contributed by atoms with Crippen LogP contribution in [0.1, 0.15) is 63.1 Å². The molecule has 0 radical (unpaired) electrons. The maximum absolute atomic E-state index is 5.68. The van der Waals surface area contributed by atoms with Crippen LogP contribution in [0.25, 0.3) is 0 Å². The predicted octanol–water partition coefficient (Wildman–Crippen LogP) is 4.04. The fraction of sp³-hybridized carbons (Fsp3) is 0.700. The van der Waals surface area contributed by atoms with E-state index in [1.165, 1.54) is 30.4 Å². The van der Waals surface area contributed by atoms with Gasteiger partial charge in [0.1, 0.15) is 0 Å². The summed E-state index contributed by atoms with van der Waals surface area (Å²) in [5, 5.41) is 7.55. The second-order valence-electron chi connectivity index (χ2n) is 7.55. The van der Waals surface area contributed by atoms with E-state index in [-0.39, 0.29) is 12.4 Å². The van der Waals surface area contributed by atoms with E-state index in [2.05, 4.69) is 55.7 Å². The molecule has 1 aromatic rings. The van der Waals surface area contributed by atoms with E-state index in [9.17, 15) is 0 Å². The van der Waals surface area contributed by atoms with Crippen molar-refractivity contribution in [3.8, 4) is 0 Å². The molecule has 3 rings (SSSR count). The summed E-state index contributed by atoms with van der Waals surface area (Å²) in [6.45, 7) is 9.53. The van der Waals surface area contributed by atoms with Gasteiger partial charge in [-0.15, -0.1) is 12.4 Å². The normalized spacial score (nSPS) is 28.6. The first-order valence-electron chi connectivity index (χ1n) is 9.32. The molecular formula is C20H33ClN2O. The topological polar surface area (TPSA) is 33.3 Å². The van der Waals surface area contributed by atoms with Gasteiger partial charge in [0, 0.05) is 24.7 Å². The molecule has 4 unspecified atom stereocenters. The maximum atomic E-state index is 5.68. The average molecular weight is 353 g/mol. The summed E-state index contributed by atoms with van der Waals surface area (Å²) in [6.07, 6.45) is 3.94. The van der Waals surface area contributed by atoms with Crippen LogP contribution in [0.5, 0.6) is 0 Å². The van der Waals surface area contributed by atoms with Crippen molar-refractivity contribution >= 4 is 12.4 Å². The SMILES string of the molecule is CC(C)c1ccc(C(C)NC2CCCC2C2COCCN2)cc1.Cl. The molecule has 2 aliphatic rings. The number of hydrogen-bond acceptors (Lipinski definition) is 3. The van der Waals surface area contributed by atoms with E-state index >= 15 is 0 Å². The molecule has 1 aromatic carbocycles. The van der Waals surface area contributed by atoms with Crippen LogP contribution in [0, 0.1) is 5.92 Å². The minimum absolute atomic E-state index is 0. The highest BCUT2D eigenvalue weighted by molar-refractivity contribution is 5.85. The summed E-state index contributed by atoms with van der Waals surface area (Å²) in [4.78, 5) is 0. The first kappa shape index (κ1) is 19.7. The Morgan fingerprint density at radius 2 is 1.79 bits per heavy atom. The van der Waals surface area contributed by atoms with Crippen molar-refractivity contribution in [2.24, 2.45) is 5.92 Å². The molecule has 1 heterocycles. The minimum Gasteiger partial charge on any atom is -0.379 e. The molecule has 4 atom stereocenters. The van der Waals surface area contributed by atoms with E-state index in [0.29, 0.717) is 30.0 Å². The standard InChI is InChI=1S/C20H32N2O.ClH/c1-14(2)16-7-9-17(10-8-16)15(3)22-19-6-4-5-18(19)20-13-23-12-11-21-20;/h7-10,14-15,18-22H,4-6,11-13H2,1-3H3;1H. The zero-order valence-electron chi connectivity index (χ0n) is 15.3. The molecule has 24 heavy (non-hydrogen) atoms. The molecule has 0 aromatic heterocycles. The number of benzene rings is 1. The van der Waals surface area contributed by atoms with Crippen LogP contribution in [-0.2, 0) is 4.74 Å². The number of ether oxygens (including phenoxy) is 1. The molecule has 0 bridgehead atoms. The van der Waals surface area contributed by atoms with Crippen LogP contribution >= 0.6 is 12.4 Å². The molecule has 0 spiro atoms. The lowest BCUT2D eigenvalue weighted by molar-refractivity contribution is 0.0518. The van der Waals surface area contributed by atoms with Gasteiger partial charge < -0.3 is 15.4 Å². The van der Waals surface area contributed by atoms with Gasteiger partial charge in [0.15, 0.2) is 0 Å². The van der Waals surface area contributed by atoms with Gasteiger partial charge in [-0.2, -0.15) is 0 Å². The molecule has 1 aliphatic carbocycles. The predicted molar refractivity (Wildman–Crippen MR) is 103 cm³/mol. The van der Waals surface area contributed by atoms with Gasteiger partial charge in [-0.3, -0.25) is 0 Å². The number of rotatable bonds is 5. The van der Waals surface area contributed by atoms with E-state index < -0.39 is 0 Å².